The Morgan fingerprint density at radius 3 is 2.53 bits per heavy atom. The van der Waals surface area contributed by atoms with Crippen molar-refractivity contribution in [1.82, 2.24) is 4.90 Å². The summed E-state index contributed by atoms with van der Waals surface area (Å²) in [5.74, 6) is -0.278. The van der Waals surface area contributed by atoms with Gasteiger partial charge in [-0.3, -0.25) is 0 Å². The lowest BCUT2D eigenvalue weighted by atomic mass is 10.2. The van der Waals surface area contributed by atoms with Crippen LogP contribution in [0, 0.1) is 17.8 Å². The van der Waals surface area contributed by atoms with Gasteiger partial charge in [0.1, 0.15) is 11.7 Å². The van der Waals surface area contributed by atoms with Crippen molar-refractivity contribution >= 4 is 29.5 Å². The number of rotatable bonds is 3. The number of nitrogens with two attached hydrogens (primary N) is 1. The lowest BCUT2D eigenvalue weighted by Gasteiger charge is -2.15. The zero-order valence-electron chi connectivity index (χ0n) is 8.88. The molecule has 0 bridgehead atoms. The molecule has 2 rings (SSSR count). The van der Waals surface area contributed by atoms with Gasteiger partial charge in [-0.15, -0.1) is 11.6 Å². The normalized spacial score (nSPS) is 31.0. The van der Waals surface area contributed by atoms with Crippen molar-refractivity contribution in [1.29, 1.82) is 0 Å². The first kappa shape index (κ1) is 12.0. The molecule has 3 N–H and O–H groups in total. The van der Waals surface area contributed by atoms with Crippen molar-refractivity contribution in [3.8, 4) is 0 Å². The molecule has 0 aromatic carbocycles. The number of amides is 1. The largest absolute Gasteiger partial charge is 0.465 e. The topological polar surface area (TPSA) is 105 Å². The number of halogens is 1. The number of amidine groups is 1. The van der Waals surface area contributed by atoms with Gasteiger partial charge in [-0.2, -0.15) is 0 Å². The van der Waals surface area contributed by atoms with E-state index in [1.807, 2.05) is 0 Å². The summed E-state index contributed by atoms with van der Waals surface area (Å²) in [6, 6.07) is 0. The minimum absolute atomic E-state index is 0.0220. The molecule has 0 radical (unpaired) electrons. The summed E-state index contributed by atoms with van der Waals surface area (Å²) < 4.78 is 0. The monoisotopic (exact) mass is 261 g/mol. The summed E-state index contributed by atoms with van der Waals surface area (Å²) in [4.78, 5) is 27.2. The fourth-order valence-electron chi connectivity index (χ4n) is 2.31. The number of fused-ring (bicyclic) bond motifs is 1. The number of carbonyl (C=O) groups excluding carboxylic acids is 1. The average molecular weight is 262 g/mol. The number of piperidine rings is 1. The Hall–Kier alpha value is -1.50. The maximum atomic E-state index is 10.7. The number of hydrogen-bond donors (Lipinski definition) is 2. The Kier molecular flexibility index (Phi) is 3.10. The standard InChI is InChI=1S/C9H12ClN3O4/c10-1-6(14)17-12-8(11)7-4-2-13(9(15)16)3-5(4)7/h4-5,7H,1-3H2,(H2,11,12)(H,15,16)/t4-,5+,7?. The van der Waals surface area contributed by atoms with Crippen molar-refractivity contribution < 1.29 is 19.5 Å². The van der Waals surface area contributed by atoms with Crippen LogP contribution in [-0.4, -0.2) is 46.9 Å². The molecule has 1 amide bonds. The molecule has 7 nitrogen and oxygen atoms in total. The maximum absolute atomic E-state index is 10.7. The van der Waals surface area contributed by atoms with Gasteiger partial charge in [-0.1, -0.05) is 5.16 Å². The van der Waals surface area contributed by atoms with Gasteiger partial charge in [-0.05, 0) is 11.8 Å². The molecule has 1 heterocycles. The smallest absolute Gasteiger partial charge is 0.407 e. The quantitative estimate of drug-likeness (QED) is 0.243. The summed E-state index contributed by atoms with van der Waals surface area (Å²) in [7, 11) is 0. The van der Waals surface area contributed by atoms with Gasteiger partial charge in [0.15, 0.2) is 0 Å². The number of alkyl halides is 1. The molecule has 0 spiro atoms. The highest BCUT2D eigenvalue weighted by atomic mass is 35.5. The van der Waals surface area contributed by atoms with Crippen LogP contribution in [0.3, 0.4) is 0 Å². The molecule has 94 valence electrons. The van der Waals surface area contributed by atoms with Crippen molar-refractivity contribution in [3.05, 3.63) is 0 Å². The number of carboxylic acid groups (broad SMARTS) is 1. The van der Waals surface area contributed by atoms with Crippen LogP contribution in [-0.2, 0) is 9.63 Å². The van der Waals surface area contributed by atoms with Crippen LogP contribution in [0.1, 0.15) is 0 Å². The minimum Gasteiger partial charge on any atom is -0.465 e. The third kappa shape index (κ3) is 2.28. The molecule has 1 saturated carbocycles. The number of nitrogens with zero attached hydrogens (tertiary/aromatic N) is 2. The van der Waals surface area contributed by atoms with Crippen molar-refractivity contribution in [2.75, 3.05) is 19.0 Å². The first-order chi connectivity index (χ1) is 8.04. The Morgan fingerprint density at radius 1 is 1.47 bits per heavy atom. The highest BCUT2D eigenvalue weighted by Gasteiger charge is 2.59. The summed E-state index contributed by atoms with van der Waals surface area (Å²) in [5.41, 5.74) is 5.66. The number of oxime groups is 1. The van der Waals surface area contributed by atoms with Crippen molar-refractivity contribution in [2.24, 2.45) is 28.6 Å². The molecule has 17 heavy (non-hydrogen) atoms. The molecule has 1 saturated heterocycles. The second kappa shape index (κ2) is 4.40. The summed E-state index contributed by atoms with van der Waals surface area (Å²) in [5, 5.41) is 12.3. The van der Waals surface area contributed by atoms with Crippen LogP contribution < -0.4 is 5.73 Å². The molecule has 0 aromatic rings. The first-order valence-corrected chi connectivity index (χ1v) is 5.65. The predicted octanol–water partition coefficient (Wildman–Crippen LogP) is -0.104. The van der Waals surface area contributed by atoms with E-state index in [1.54, 1.807) is 0 Å². The van der Waals surface area contributed by atoms with Gasteiger partial charge in [0.2, 0.25) is 0 Å². The summed E-state index contributed by atoms with van der Waals surface area (Å²) in [6.07, 6.45) is -0.917. The van der Waals surface area contributed by atoms with E-state index < -0.39 is 12.1 Å². The lowest BCUT2D eigenvalue weighted by Crippen LogP contribution is -2.32. The first-order valence-electron chi connectivity index (χ1n) is 5.11. The molecule has 1 aliphatic carbocycles. The molecular weight excluding hydrogens is 250 g/mol. The SMILES string of the molecule is N/C(=N\OC(=O)CCl)C1[C@H]2CN(C(=O)O)C[C@@H]12. The number of hydrogen-bond acceptors (Lipinski definition) is 4. The van der Waals surface area contributed by atoms with Gasteiger partial charge in [0.25, 0.3) is 0 Å². The Bertz CT molecular complexity index is 374. The molecule has 8 heteroatoms. The van der Waals surface area contributed by atoms with E-state index in [9.17, 15) is 9.59 Å². The fraction of sp³-hybridized carbons (Fsp3) is 0.667. The van der Waals surface area contributed by atoms with Crippen LogP contribution in [0.15, 0.2) is 5.16 Å². The van der Waals surface area contributed by atoms with E-state index in [2.05, 4.69) is 9.99 Å². The zero-order valence-corrected chi connectivity index (χ0v) is 9.63. The number of likely N-dealkylation sites (tertiary alicyclic amines) is 1. The Morgan fingerprint density at radius 2 is 2.06 bits per heavy atom. The second-order valence-electron chi connectivity index (χ2n) is 4.15. The van der Waals surface area contributed by atoms with Gasteiger partial charge < -0.3 is 20.6 Å². The van der Waals surface area contributed by atoms with E-state index in [4.69, 9.17) is 22.4 Å². The maximum Gasteiger partial charge on any atom is 0.407 e. The van der Waals surface area contributed by atoms with Crippen molar-refractivity contribution in [2.45, 2.75) is 0 Å². The third-order valence-electron chi connectivity index (χ3n) is 3.17. The van der Waals surface area contributed by atoms with E-state index in [0.717, 1.165) is 0 Å². The highest BCUT2D eigenvalue weighted by Crippen LogP contribution is 2.51. The molecular formula is C9H12ClN3O4. The van der Waals surface area contributed by atoms with Crippen LogP contribution in [0.25, 0.3) is 0 Å². The third-order valence-corrected chi connectivity index (χ3v) is 3.39. The second-order valence-corrected chi connectivity index (χ2v) is 4.42. The molecule has 2 fully saturated rings. The van der Waals surface area contributed by atoms with E-state index in [0.29, 0.717) is 13.1 Å². The summed E-state index contributed by atoms with van der Waals surface area (Å²) in [6.45, 7) is 0.925. The molecule has 2 aliphatic rings. The van der Waals surface area contributed by atoms with Crippen molar-refractivity contribution in [3.63, 3.8) is 0 Å². The van der Waals surface area contributed by atoms with Crippen LogP contribution in [0.4, 0.5) is 4.79 Å². The Balaban J connectivity index is 1.84. The van der Waals surface area contributed by atoms with Gasteiger partial charge in [-0.25, -0.2) is 9.59 Å². The van der Waals surface area contributed by atoms with Crippen LogP contribution in [0.5, 0.6) is 0 Å². The van der Waals surface area contributed by atoms with Gasteiger partial charge in [0.05, 0.1) is 0 Å². The van der Waals surface area contributed by atoms with E-state index >= 15 is 0 Å². The molecule has 1 unspecified atom stereocenters. The minimum atomic E-state index is -0.917. The van der Waals surface area contributed by atoms with Gasteiger partial charge in [0, 0.05) is 19.0 Å². The molecule has 1 aliphatic heterocycles. The highest BCUT2D eigenvalue weighted by molar-refractivity contribution is 6.26. The average Bonchev–Trinajstić information content (AvgIpc) is 2.80. The number of carbonyl (C=O) groups is 2. The molecule has 3 atom stereocenters. The van der Waals surface area contributed by atoms with E-state index in [-0.39, 0.29) is 29.5 Å². The fourth-order valence-corrected chi connectivity index (χ4v) is 2.36. The lowest BCUT2D eigenvalue weighted by molar-refractivity contribution is -0.140. The Labute approximate surface area is 102 Å². The summed E-state index contributed by atoms with van der Waals surface area (Å²) >= 11 is 5.22. The van der Waals surface area contributed by atoms with Crippen LogP contribution in [0.2, 0.25) is 0 Å². The predicted molar refractivity (Wildman–Crippen MR) is 58.5 cm³/mol. The van der Waals surface area contributed by atoms with E-state index in [1.165, 1.54) is 4.90 Å². The van der Waals surface area contributed by atoms with Crippen LogP contribution >= 0.6 is 11.6 Å². The van der Waals surface area contributed by atoms with Gasteiger partial charge >= 0.3 is 12.1 Å². The molecule has 0 aromatic heterocycles. The zero-order chi connectivity index (χ0) is 12.6.